The topological polar surface area (TPSA) is 92.8 Å². The molecule has 1 atom stereocenters. The minimum absolute atomic E-state index is 0.0325. The van der Waals surface area contributed by atoms with Crippen LogP contribution in [0, 0.1) is 0 Å². The number of carbonyl (C=O) groups is 2. The third kappa shape index (κ3) is 5.36. The van der Waals surface area contributed by atoms with Crippen molar-refractivity contribution >= 4 is 34.0 Å². The van der Waals surface area contributed by atoms with E-state index in [1.54, 1.807) is 48.5 Å². The van der Waals surface area contributed by atoms with E-state index in [2.05, 4.69) is 4.72 Å². The highest BCUT2D eigenvalue weighted by Gasteiger charge is 2.36. The number of nitrogens with zero attached hydrogens (tertiary/aromatic N) is 1. The number of rotatable bonds is 8. The fourth-order valence-electron chi connectivity index (χ4n) is 3.43. The number of allylic oxidation sites excluding steroid dienone is 1. The van der Waals surface area contributed by atoms with Gasteiger partial charge < -0.3 is 9.53 Å². The van der Waals surface area contributed by atoms with Gasteiger partial charge in [0.05, 0.1) is 18.3 Å². The van der Waals surface area contributed by atoms with Crippen molar-refractivity contribution in [2.24, 2.45) is 0 Å². The van der Waals surface area contributed by atoms with Crippen LogP contribution in [0.25, 0.3) is 6.08 Å². The molecule has 8 heteroatoms. The van der Waals surface area contributed by atoms with E-state index in [-0.39, 0.29) is 18.9 Å². The van der Waals surface area contributed by atoms with Gasteiger partial charge in [-0.25, -0.2) is 0 Å². The Labute approximate surface area is 192 Å². The highest BCUT2D eigenvalue weighted by atomic mass is 32.2. The number of hydrogen-bond acceptors (Lipinski definition) is 5. The van der Waals surface area contributed by atoms with Crippen LogP contribution in [0.3, 0.4) is 0 Å². The summed E-state index contributed by atoms with van der Waals surface area (Å²) < 4.78 is 34.5. The lowest BCUT2D eigenvalue weighted by molar-refractivity contribution is -0.108. The first-order valence-electron chi connectivity index (χ1n) is 10.3. The summed E-state index contributed by atoms with van der Waals surface area (Å²) in [6.45, 7) is 0.192. The van der Waals surface area contributed by atoms with E-state index in [4.69, 9.17) is 4.74 Å². The van der Waals surface area contributed by atoms with Crippen molar-refractivity contribution in [2.45, 2.75) is 12.6 Å². The lowest BCUT2D eigenvalue weighted by atomic mass is 10.1. The summed E-state index contributed by atoms with van der Waals surface area (Å²) in [4.78, 5) is 23.6. The van der Waals surface area contributed by atoms with Crippen LogP contribution in [-0.2, 0) is 21.6 Å². The minimum atomic E-state index is -3.88. The van der Waals surface area contributed by atoms with E-state index in [0.29, 0.717) is 28.8 Å². The Morgan fingerprint density at radius 2 is 1.73 bits per heavy atom. The van der Waals surface area contributed by atoms with Crippen molar-refractivity contribution < 1.29 is 22.7 Å². The maximum absolute atomic E-state index is 12.6. The number of ketones is 1. The van der Waals surface area contributed by atoms with Crippen LogP contribution in [-0.4, -0.2) is 33.1 Å². The van der Waals surface area contributed by atoms with Crippen molar-refractivity contribution in [3.05, 3.63) is 102 Å². The fraction of sp³-hybridized carbons (Fsp3) is 0.120. The van der Waals surface area contributed by atoms with E-state index in [9.17, 15) is 18.0 Å². The van der Waals surface area contributed by atoms with E-state index in [1.807, 2.05) is 36.4 Å². The highest BCUT2D eigenvalue weighted by Crippen LogP contribution is 2.34. The van der Waals surface area contributed by atoms with Crippen LogP contribution in [0.4, 0.5) is 5.69 Å². The van der Waals surface area contributed by atoms with E-state index >= 15 is 0 Å². The van der Waals surface area contributed by atoms with Crippen LogP contribution >= 0.6 is 0 Å². The van der Waals surface area contributed by atoms with Crippen LogP contribution in [0.15, 0.2) is 84.9 Å². The Hall–Kier alpha value is -3.75. The van der Waals surface area contributed by atoms with Gasteiger partial charge in [-0.3, -0.25) is 9.10 Å². The number of ether oxygens (including phenoxy) is 1. The Kier molecular flexibility index (Phi) is 6.67. The fourth-order valence-corrected chi connectivity index (χ4v) is 4.84. The molecule has 3 aromatic carbocycles. The van der Waals surface area contributed by atoms with Gasteiger partial charge in [0.15, 0.2) is 5.78 Å². The monoisotopic (exact) mass is 462 g/mol. The molecule has 0 aliphatic carbocycles. The molecule has 1 fully saturated rings. The Morgan fingerprint density at radius 3 is 2.39 bits per heavy atom. The molecule has 7 nitrogen and oxygen atoms in total. The van der Waals surface area contributed by atoms with E-state index in [0.717, 1.165) is 9.87 Å². The predicted octanol–water partition coefficient (Wildman–Crippen LogP) is 3.38. The summed E-state index contributed by atoms with van der Waals surface area (Å²) in [6, 6.07) is 22.5. The van der Waals surface area contributed by atoms with Crippen LogP contribution in [0.2, 0.25) is 0 Å². The van der Waals surface area contributed by atoms with Gasteiger partial charge in [-0.1, -0.05) is 72.8 Å². The van der Waals surface area contributed by atoms with E-state index < -0.39 is 16.3 Å². The molecule has 1 unspecified atom stereocenters. The van der Waals surface area contributed by atoms with E-state index in [1.165, 1.54) is 6.08 Å². The second kappa shape index (κ2) is 9.81. The zero-order valence-corrected chi connectivity index (χ0v) is 18.4. The van der Waals surface area contributed by atoms with Gasteiger partial charge in [0.2, 0.25) is 0 Å². The first-order chi connectivity index (χ1) is 16.0. The number of aldehydes is 1. The summed E-state index contributed by atoms with van der Waals surface area (Å²) in [6.07, 6.45) is 3.68. The molecule has 0 amide bonds. The standard InChI is InChI=1S/C25H22N2O5S/c28-17-22-16-27(33(30,31)26-22)23-13-11-19(12-14-24(29)21-9-5-2-6-10-21)15-25(23)32-18-20-7-3-1-4-8-20/h1-15,17,22,26H,16,18H2/b14-12+. The second-order valence-corrected chi connectivity index (χ2v) is 9.09. The zero-order valence-electron chi connectivity index (χ0n) is 17.6. The summed E-state index contributed by atoms with van der Waals surface area (Å²) in [5.41, 5.74) is 2.47. The molecule has 1 heterocycles. The largest absolute Gasteiger partial charge is 0.487 e. The molecule has 168 valence electrons. The van der Waals surface area contributed by atoms with Gasteiger partial charge in [0.1, 0.15) is 18.6 Å². The maximum atomic E-state index is 12.6. The van der Waals surface area contributed by atoms with Gasteiger partial charge in [-0.05, 0) is 29.3 Å². The summed E-state index contributed by atoms with van der Waals surface area (Å²) >= 11 is 0. The lowest BCUT2D eigenvalue weighted by Gasteiger charge is -2.20. The molecule has 1 N–H and O–H groups in total. The molecule has 1 aliphatic rings. The van der Waals surface area contributed by atoms with Gasteiger partial charge in [0, 0.05) is 5.56 Å². The first kappa shape index (κ1) is 22.4. The molecular formula is C25H22N2O5S. The number of anilines is 1. The minimum Gasteiger partial charge on any atom is -0.487 e. The third-order valence-corrected chi connectivity index (χ3v) is 6.62. The second-order valence-electron chi connectivity index (χ2n) is 7.46. The van der Waals surface area contributed by atoms with Gasteiger partial charge in [-0.2, -0.15) is 13.1 Å². The van der Waals surface area contributed by atoms with Gasteiger partial charge in [0.25, 0.3) is 0 Å². The Bertz CT molecular complexity index is 1270. The van der Waals surface area contributed by atoms with Crippen molar-refractivity contribution in [3.63, 3.8) is 0 Å². The van der Waals surface area contributed by atoms with Crippen LogP contribution < -0.4 is 13.8 Å². The summed E-state index contributed by atoms with van der Waals surface area (Å²) in [7, 11) is -3.88. The normalized spacial score (nSPS) is 17.2. The third-order valence-electron chi connectivity index (χ3n) is 5.09. The highest BCUT2D eigenvalue weighted by molar-refractivity contribution is 7.91. The van der Waals surface area contributed by atoms with Crippen LogP contribution in [0.5, 0.6) is 5.75 Å². The van der Waals surface area contributed by atoms with Gasteiger partial charge >= 0.3 is 10.2 Å². The molecule has 1 saturated heterocycles. The smallest absolute Gasteiger partial charge is 0.302 e. The quantitative estimate of drug-likeness (QED) is 0.315. The molecule has 3 aromatic rings. The molecular weight excluding hydrogens is 440 g/mol. The van der Waals surface area contributed by atoms with Crippen molar-refractivity contribution in [1.82, 2.24) is 4.72 Å². The number of nitrogens with one attached hydrogen (secondary N) is 1. The molecule has 1 aliphatic heterocycles. The zero-order chi connectivity index (χ0) is 23.3. The molecule has 0 radical (unpaired) electrons. The SMILES string of the molecule is O=CC1CN(c2ccc(/C=C/C(=O)c3ccccc3)cc2OCc2ccccc2)S(=O)(=O)N1. The lowest BCUT2D eigenvalue weighted by Crippen LogP contribution is -2.30. The molecule has 0 aromatic heterocycles. The molecule has 0 spiro atoms. The number of benzene rings is 3. The molecule has 33 heavy (non-hydrogen) atoms. The van der Waals surface area contributed by atoms with Crippen molar-refractivity contribution in [3.8, 4) is 5.75 Å². The predicted molar refractivity (Wildman–Crippen MR) is 126 cm³/mol. The number of hydrogen-bond donors (Lipinski definition) is 1. The van der Waals surface area contributed by atoms with Crippen molar-refractivity contribution in [2.75, 3.05) is 10.8 Å². The number of carbonyl (C=O) groups excluding carboxylic acids is 2. The average Bonchev–Trinajstić information content (AvgIpc) is 3.16. The van der Waals surface area contributed by atoms with Crippen LogP contribution in [0.1, 0.15) is 21.5 Å². The Morgan fingerprint density at radius 1 is 1.03 bits per heavy atom. The molecule has 0 saturated carbocycles. The molecule has 4 rings (SSSR count). The summed E-state index contributed by atoms with van der Waals surface area (Å²) in [5.74, 6) is 0.177. The van der Waals surface area contributed by atoms with Gasteiger partial charge in [-0.15, -0.1) is 0 Å². The first-order valence-corrected chi connectivity index (χ1v) is 11.7. The molecule has 0 bridgehead atoms. The van der Waals surface area contributed by atoms with Crippen molar-refractivity contribution in [1.29, 1.82) is 0 Å². The maximum Gasteiger partial charge on any atom is 0.302 e. The Balaban J connectivity index is 1.64. The average molecular weight is 463 g/mol. The summed E-state index contributed by atoms with van der Waals surface area (Å²) in [5, 5.41) is 0.